The summed E-state index contributed by atoms with van der Waals surface area (Å²) in [6.45, 7) is 3.97. The Balaban J connectivity index is 1.39. The normalized spacial score (nSPS) is 11.6. The predicted octanol–water partition coefficient (Wildman–Crippen LogP) is 7.45. The number of fused-ring (bicyclic) bond motifs is 1. The number of H-pyrrole nitrogens is 1. The fraction of sp³-hybridized carbons (Fsp3) is 0.0938. The number of aromatic nitrogens is 1. The molecule has 1 aromatic heterocycles. The van der Waals surface area contributed by atoms with E-state index >= 15 is 0 Å². The standard InChI is InChI=1S/C32H24F3N3O3/c1-19-15-20(2)28-25(16-19)27(21-9-4-3-5-10-21)29(37-28)30(39)38-36-18-23-11-6-7-14-26(23)41-31(40)22-12-8-13-24(17-22)32(33,34)35/h3-18,37H,1-2H3,(H,38,39). The summed E-state index contributed by atoms with van der Waals surface area (Å²) in [5.41, 5.74) is 6.49. The monoisotopic (exact) mass is 555 g/mol. The first-order valence-corrected chi connectivity index (χ1v) is 12.6. The molecule has 1 heterocycles. The van der Waals surface area contributed by atoms with Crippen LogP contribution in [0, 0.1) is 13.8 Å². The van der Waals surface area contributed by atoms with E-state index in [2.05, 4.69) is 15.5 Å². The minimum atomic E-state index is -4.60. The van der Waals surface area contributed by atoms with Gasteiger partial charge in [0.1, 0.15) is 11.4 Å². The van der Waals surface area contributed by atoms with E-state index in [0.29, 0.717) is 11.3 Å². The highest BCUT2D eigenvalue weighted by Gasteiger charge is 2.31. The molecule has 4 aromatic carbocycles. The van der Waals surface area contributed by atoms with Gasteiger partial charge in [-0.15, -0.1) is 0 Å². The lowest BCUT2D eigenvalue weighted by atomic mass is 9.99. The zero-order chi connectivity index (χ0) is 29.1. The van der Waals surface area contributed by atoms with E-state index < -0.39 is 23.6 Å². The number of carbonyl (C=O) groups excluding carboxylic acids is 2. The van der Waals surface area contributed by atoms with Crippen molar-refractivity contribution in [2.24, 2.45) is 5.10 Å². The number of para-hydroxylation sites is 1. The number of hydrogen-bond acceptors (Lipinski definition) is 4. The number of alkyl halides is 3. The number of amides is 1. The number of carbonyl (C=O) groups is 2. The first-order chi connectivity index (χ1) is 19.6. The number of rotatable bonds is 6. The maximum atomic E-state index is 13.3. The first kappa shape index (κ1) is 27.4. The van der Waals surface area contributed by atoms with Crippen LogP contribution in [-0.2, 0) is 6.18 Å². The molecule has 6 nitrogen and oxygen atoms in total. The van der Waals surface area contributed by atoms with Crippen molar-refractivity contribution in [3.63, 3.8) is 0 Å². The molecular formula is C32H24F3N3O3. The summed E-state index contributed by atoms with van der Waals surface area (Å²) in [5.74, 6) is -1.38. The molecule has 0 unspecified atom stereocenters. The average molecular weight is 556 g/mol. The van der Waals surface area contributed by atoms with Gasteiger partial charge in [0.15, 0.2) is 0 Å². The molecule has 0 aliphatic heterocycles. The first-order valence-electron chi connectivity index (χ1n) is 12.6. The van der Waals surface area contributed by atoms with E-state index in [-0.39, 0.29) is 11.3 Å². The van der Waals surface area contributed by atoms with Gasteiger partial charge in [0, 0.05) is 22.0 Å². The Kier molecular flexibility index (Phi) is 7.43. The van der Waals surface area contributed by atoms with E-state index in [1.165, 1.54) is 18.3 Å². The second-order valence-corrected chi connectivity index (χ2v) is 9.45. The number of hydrogen-bond donors (Lipinski definition) is 2. The Labute approximate surface area is 233 Å². The number of benzene rings is 4. The van der Waals surface area contributed by atoms with E-state index in [9.17, 15) is 22.8 Å². The van der Waals surface area contributed by atoms with Gasteiger partial charge in [0.05, 0.1) is 17.3 Å². The molecule has 0 aliphatic carbocycles. The minimum Gasteiger partial charge on any atom is -0.422 e. The van der Waals surface area contributed by atoms with Crippen molar-refractivity contribution < 1.29 is 27.5 Å². The number of hydrazone groups is 1. The van der Waals surface area contributed by atoms with Crippen molar-refractivity contribution in [1.29, 1.82) is 0 Å². The summed E-state index contributed by atoms with van der Waals surface area (Å²) >= 11 is 0. The zero-order valence-electron chi connectivity index (χ0n) is 22.0. The number of ether oxygens (including phenoxy) is 1. The third-order valence-electron chi connectivity index (χ3n) is 6.46. The number of halogens is 3. The molecule has 0 aliphatic rings. The van der Waals surface area contributed by atoms with Crippen molar-refractivity contribution in [2.45, 2.75) is 20.0 Å². The Morgan fingerprint density at radius 2 is 1.63 bits per heavy atom. The highest BCUT2D eigenvalue weighted by atomic mass is 19.4. The summed E-state index contributed by atoms with van der Waals surface area (Å²) in [5, 5.41) is 4.98. The van der Waals surface area contributed by atoms with E-state index in [0.717, 1.165) is 51.4 Å². The fourth-order valence-electron chi connectivity index (χ4n) is 4.61. The highest BCUT2D eigenvalue weighted by Crippen LogP contribution is 2.35. The molecule has 5 rings (SSSR count). The fourth-order valence-corrected chi connectivity index (χ4v) is 4.61. The lowest BCUT2D eigenvalue weighted by Gasteiger charge is -2.10. The van der Waals surface area contributed by atoms with Gasteiger partial charge in [-0.2, -0.15) is 18.3 Å². The highest BCUT2D eigenvalue weighted by molar-refractivity contribution is 6.10. The van der Waals surface area contributed by atoms with Crippen molar-refractivity contribution in [3.05, 3.63) is 125 Å². The van der Waals surface area contributed by atoms with Gasteiger partial charge >= 0.3 is 12.1 Å². The summed E-state index contributed by atoms with van der Waals surface area (Å²) in [6, 6.07) is 23.9. The number of esters is 1. The maximum absolute atomic E-state index is 13.3. The Morgan fingerprint density at radius 1 is 0.902 bits per heavy atom. The molecule has 0 radical (unpaired) electrons. The van der Waals surface area contributed by atoms with Gasteiger partial charge in [-0.25, -0.2) is 10.2 Å². The van der Waals surface area contributed by atoms with Crippen LogP contribution in [-0.4, -0.2) is 23.1 Å². The molecule has 0 saturated heterocycles. The van der Waals surface area contributed by atoms with Crippen LogP contribution in [0.1, 0.15) is 43.1 Å². The molecule has 206 valence electrons. The van der Waals surface area contributed by atoms with Crippen LogP contribution in [0.15, 0.2) is 96.1 Å². The largest absolute Gasteiger partial charge is 0.422 e. The zero-order valence-corrected chi connectivity index (χ0v) is 22.0. The molecule has 5 aromatic rings. The predicted molar refractivity (Wildman–Crippen MR) is 151 cm³/mol. The molecule has 1 amide bonds. The van der Waals surface area contributed by atoms with Crippen LogP contribution in [0.25, 0.3) is 22.0 Å². The second kappa shape index (κ2) is 11.1. The van der Waals surface area contributed by atoms with Gasteiger partial charge in [0.25, 0.3) is 5.91 Å². The van der Waals surface area contributed by atoms with E-state index in [4.69, 9.17) is 4.74 Å². The smallest absolute Gasteiger partial charge is 0.416 e. The second-order valence-electron chi connectivity index (χ2n) is 9.45. The van der Waals surface area contributed by atoms with Crippen molar-refractivity contribution in [1.82, 2.24) is 10.4 Å². The van der Waals surface area contributed by atoms with Crippen LogP contribution in [0.5, 0.6) is 5.75 Å². The summed E-state index contributed by atoms with van der Waals surface area (Å²) < 4.78 is 44.6. The van der Waals surface area contributed by atoms with Crippen molar-refractivity contribution in [3.8, 4) is 16.9 Å². The summed E-state index contributed by atoms with van der Waals surface area (Å²) in [4.78, 5) is 29.2. The van der Waals surface area contributed by atoms with Crippen molar-refractivity contribution in [2.75, 3.05) is 0 Å². The summed E-state index contributed by atoms with van der Waals surface area (Å²) in [6.07, 6.45) is -3.30. The molecule has 0 fully saturated rings. The lowest BCUT2D eigenvalue weighted by Crippen LogP contribution is -2.19. The minimum absolute atomic E-state index is 0.0644. The lowest BCUT2D eigenvalue weighted by molar-refractivity contribution is -0.137. The van der Waals surface area contributed by atoms with Gasteiger partial charge in [0.2, 0.25) is 0 Å². The van der Waals surface area contributed by atoms with Gasteiger partial charge in [-0.3, -0.25) is 4.79 Å². The van der Waals surface area contributed by atoms with Crippen LogP contribution in [0.2, 0.25) is 0 Å². The van der Waals surface area contributed by atoms with E-state index in [1.54, 1.807) is 18.2 Å². The van der Waals surface area contributed by atoms with Gasteiger partial charge in [-0.1, -0.05) is 60.2 Å². The molecule has 41 heavy (non-hydrogen) atoms. The number of nitrogens with zero attached hydrogens (tertiary/aromatic N) is 1. The third-order valence-corrected chi connectivity index (χ3v) is 6.46. The Morgan fingerprint density at radius 3 is 2.39 bits per heavy atom. The van der Waals surface area contributed by atoms with E-state index in [1.807, 2.05) is 56.3 Å². The quantitative estimate of drug-likeness (QED) is 0.0988. The number of nitrogens with one attached hydrogen (secondary N) is 2. The molecule has 0 atom stereocenters. The third kappa shape index (κ3) is 5.89. The molecule has 0 saturated carbocycles. The maximum Gasteiger partial charge on any atom is 0.416 e. The van der Waals surface area contributed by atoms with Crippen LogP contribution in [0.3, 0.4) is 0 Å². The van der Waals surface area contributed by atoms with Gasteiger partial charge < -0.3 is 9.72 Å². The molecule has 9 heteroatoms. The molecular weight excluding hydrogens is 531 g/mol. The molecule has 0 bridgehead atoms. The van der Waals surface area contributed by atoms with Crippen LogP contribution < -0.4 is 10.2 Å². The topological polar surface area (TPSA) is 83.6 Å². The number of aryl methyl sites for hydroxylation is 2. The average Bonchev–Trinajstić information content (AvgIpc) is 3.34. The van der Waals surface area contributed by atoms with Gasteiger partial charge in [-0.05, 0) is 61.4 Å². The Bertz CT molecular complexity index is 1790. The summed E-state index contributed by atoms with van der Waals surface area (Å²) in [7, 11) is 0. The van der Waals surface area contributed by atoms with Crippen molar-refractivity contribution >= 4 is 29.0 Å². The Hall–Kier alpha value is -5.18. The molecule has 2 N–H and O–H groups in total. The van der Waals surface area contributed by atoms with Crippen LogP contribution in [0.4, 0.5) is 13.2 Å². The SMILES string of the molecule is Cc1cc(C)c2[nH]c(C(=O)NN=Cc3ccccc3OC(=O)c3cccc(C(F)(F)F)c3)c(-c3ccccc3)c2c1. The van der Waals surface area contributed by atoms with Crippen LogP contribution >= 0.6 is 0 Å². The molecule has 0 spiro atoms. The number of aromatic amines is 1.